The highest BCUT2D eigenvalue weighted by atomic mass is 16.5. The largest absolute Gasteiger partial charge is 0.339 e. The van der Waals surface area contributed by atoms with Crippen molar-refractivity contribution in [1.29, 1.82) is 0 Å². The van der Waals surface area contributed by atoms with Crippen LogP contribution in [-0.2, 0) is 0 Å². The normalized spacial score (nSPS) is 21.8. The number of aromatic nitrogens is 2. The second kappa shape index (κ2) is 4.31. The van der Waals surface area contributed by atoms with Crippen LogP contribution in [0.5, 0.6) is 0 Å². The van der Waals surface area contributed by atoms with E-state index < -0.39 is 0 Å². The van der Waals surface area contributed by atoms with E-state index in [4.69, 9.17) is 10.3 Å². The molecule has 1 aliphatic carbocycles. The summed E-state index contributed by atoms with van der Waals surface area (Å²) < 4.78 is 5.26. The Hall–Kier alpha value is -0.900. The monoisotopic (exact) mass is 209 g/mol. The smallest absolute Gasteiger partial charge is 0.231 e. The third kappa shape index (κ3) is 2.20. The topological polar surface area (TPSA) is 64.9 Å². The van der Waals surface area contributed by atoms with Gasteiger partial charge in [0.25, 0.3) is 0 Å². The molecule has 0 bridgehead atoms. The van der Waals surface area contributed by atoms with E-state index in [1.165, 1.54) is 25.7 Å². The summed E-state index contributed by atoms with van der Waals surface area (Å²) in [7, 11) is 0. The molecule has 1 fully saturated rings. The molecule has 0 amide bonds. The van der Waals surface area contributed by atoms with Gasteiger partial charge in [0.2, 0.25) is 5.89 Å². The van der Waals surface area contributed by atoms with Gasteiger partial charge >= 0.3 is 0 Å². The molecule has 1 aliphatic rings. The fraction of sp³-hybridized carbons (Fsp3) is 0.818. The number of nitrogens with zero attached hydrogens (tertiary/aromatic N) is 2. The van der Waals surface area contributed by atoms with Crippen molar-refractivity contribution >= 4 is 0 Å². The molecular weight excluding hydrogens is 190 g/mol. The lowest BCUT2D eigenvalue weighted by atomic mass is 10.0. The van der Waals surface area contributed by atoms with E-state index in [0.29, 0.717) is 11.8 Å². The van der Waals surface area contributed by atoms with E-state index in [9.17, 15) is 0 Å². The van der Waals surface area contributed by atoms with Crippen molar-refractivity contribution in [3.8, 4) is 0 Å². The lowest BCUT2D eigenvalue weighted by molar-refractivity contribution is 0.341. The van der Waals surface area contributed by atoms with Crippen LogP contribution in [0.15, 0.2) is 4.52 Å². The molecule has 4 heteroatoms. The lowest BCUT2D eigenvalue weighted by Crippen LogP contribution is -2.22. The highest BCUT2D eigenvalue weighted by Crippen LogP contribution is 2.32. The molecule has 1 aromatic heterocycles. The number of hydrogen-bond acceptors (Lipinski definition) is 4. The van der Waals surface area contributed by atoms with Crippen LogP contribution < -0.4 is 5.73 Å². The van der Waals surface area contributed by atoms with Crippen molar-refractivity contribution in [3.05, 3.63) is 11.7 Å². The first-order valence-corrected chi connectivity index (χ1v) is 5.77. The molecule has 1 aromatic rings. The molecule has 1 heterocycles. The van der Waals surface area contributed by atoms with Crippen molar-refractivity contribution in [2.24, 2.45) is 5.73 Å². The maximum absolute atomic E-state index is 5.80. The first-order chi connectivity index (χ1) is 7.18. The second-order valence-electron chi connectivity index (χ2n) is 4.62. The first kappa shape index (κ1) is 10.6. The summed E-state index contributed by atoms with van der Waals surface area (Å²) in [4.78, 5) is 4.46. The first-order valence-electron chi connectivity index (χ1n) is 5.77. The third-order valence-corrected chi connectivity index (χ3v) is 3.36. The average molecular weight is 209 g/mol. The van der Waals surface area contributed by atoms with Crippen molar-refractivity contribution in [2.45, 2.75) is 57.4 Å². The minimum absolute atomic E-state index is 0.0573. The second-order valence-corrected chi connectivity index (χ2v) is 4.62. The van der Waals surface area contributed by atoms with Crippen LogP contribution >= 0.6 is 0 Å². The summed E-state index contributed by atoms with van der Waals surface area (Å²) in [6.45, 7) is 3.99. The highest BCUT2D eigenvalue weighted by molar-refractivity contribution is 5.01. The van der Waals surface area contributed by atoms with E-state index in [1.54, 1.807) is 0 Å². The van der Waals surface area contributed by atoms with E-state index in [2.05, 4.69) is 10.1 Å². The van der Waals surface area contributed by atoms with Crippen molar-refractivity contribution in [3.63, 3.8) is 0 Å². The minimum Gasteiger partial charge on any atom is -0.339 e. The predicted octanol–water partition coefficient (Wildman–Crippen LogP) is 2.18. The molecule has 2 atom stereocenters. The van der Waals surface area contributed by atoms with Gasteiger partial charge < -0.3 is 10.3 Å². The molecule has 0 radical (unpaired) electrons. The van der Waals surface area contributed by atoms with Gasteiger partial charge in [0.05, 0.1) is 5.92 Å². The molecule has 2 N–H and O–H groups in total. The Morgan fingerprint density at radius 1 is 1.33 bits per heavy atom. The summed E-state index contributed by atoms with van der Waals surface area (Å²) in [6, 6.07) is 0.0573. The van der Waals surface area contributed by atoms with Crippen LogP contribution in [0.1, 0.15) is 63.1 Å². The van der Waals surface area contributed by atoms with Gasteiger partial charge in [-0.1, -0.05) is 24.9 Å². The van der Waals surface area contributed by atoms with Crippen LogP contribution in [0.25, 0.3) is 0 Å². The van der Waals surface area contributed by atoms with Gasteiger partial charge in [-0.05, 0) is 19.8 Å². The molecule has 0 aromatic carbocycles. The van der Waals surface area contributed by atoms with Gasteiger partial charge in [-0.3, -0.25) is 0 Å². The molecule has 84 valence electrons. The molecule has 1 saturated carbocycles. The summed E-state index contributed by atoms with van der Waals surface area (Å²) in [5, 5.41) is 4.06. The number of hydrogen-bond donors (Lipinski definition) is 1. The molecular formula is C11H19N3O. The zero-order valence-corrected chi connectivity index (χ0v) is 9.44. The summed E-state index contributed by atoms with van der Waals surface area (Å²) in [6.07, 6.45) is 4.98. The van der Waals surface area contributed by atoms with Crippen molar-refractivity contribution in [1.82, 2.24) is 10.1 Å². The molecule has 0 saturated heterocycles. The zero-order chi connectivity index (χ0) is 10.8. The fourth-order valence-electron chi connectivity index (χ4n) is 2.01. The molecule has 4 nitrogen and oxygen atoms in total. The third-order valence-electron chi connectivity index (χ3n) is 3.36. The summed E-state index contributed by atoms with van der Waals surface area (Å²) in [5.74, 6) is 2.23. The Bertz CT molecular complexity index is 299. The van der Waals surface area contributed by atoms with E-state index in [1.807, 2.05) is 13.8 Å². The van der Waals surface area contributed by atoms with Crippen LogP contribution in [0, 0.1) is 0 Å². The molecule has 15 heavy (non-hydrogen) atoms. The van der Waals surface area contributed by atoms with Crippen molar-refractivity contribution in [2.75, 3.05) is 0 Å². The average Bonchev–Trinajstić information content (AvgIpc) is 2.86. The van der Waals surface area contributed by atoms with Crippen LogP contribution in [0.4, 0.5) is 0 Å². The Morgan fingerprint density at radius 3 is 2.60 bits per heavy atom. The zero-order valence-electron chi connectivity index (χ0n) is 9.44. The van der Waals surface area contributed by atoms with Gasteiger partial charge in [0.15, 0.2) is 5.82 Å². The molecule has 2 rings (SSSR count). The van der Waals surface area contributed by atoms with E-state index >= 15 is 0 Å². The Balaban J connectivity index is 2.09. The van der Waals surface area contributed by atoms with Gasteiger partial charge in [0.1, 0.15) is 0 Å². The molecule has 0 aliphatic heterocycles. The Morgan fingerprint density at radius 2 is 2.00 bits per heavy atom. The summed E-state index contributed by atoms with van der Waals surface area (Å²) in [5.41, 5.74) is 5.80. The van der Waals surface area contributed by atoms with Gasteiger partial charge in [-0.2, -0.15) is 4.98 Å². The highest BCUT2D eigenvalue weighted by Gasteiger charge is 2.24. The Kier molecular flexibility index (Phi) is 3.05. The Labute approximate surface area is 90.2 Å². The number of rotatable bonds is 3. The molecule has 0 spiro atoms. The van der Waals surface area contributed by atoms with Gasteiger partial charge in [-0.25, -0.2) is 0 Å². The SMILES string of the molecule is CC(N)C(C)c1nc(C2CCCC2)no1. The van der Waals surface area contributed by atoms with E-state index in [0.717, 1.165) is 5.82 Å². The van der Waals surface area contributed by atoms with Crippen LogP contribution in [0.2, 0.25) is 0 Å². The van der Waals surface area contributed by atoms with Crippen LogP contribution in [0.3, 0.4) is 0 Å². The van der Waals surface area contributed by atoms with Gasteiger partial charge in [0, 0.05) is 12.0 Å². The maximum atomic E-state index is 5.80. The van der Waals surface area contributed by atoms with Crippen molar-refractivity contribution < 1.29 is 4.52 Å². The van der Waals surface area contributed by atoms with E-state index in [-0.39, 0.29) is 12.0 Å². The quantitative estimate of drug-likeness (QED) is 0.828. The number of nitrogens with two attached hydrogens (primary N) is 1. The minimum atomic E-state index is 0.0573. The fourth-order valence-corrected chi connectivity index (χ4v) is 2.01. The molecule has 2 unspecified atom stereocenters. The standard InChI is InChI=1S/C11H19N3O/c1-7(8(2)12)11-13-10(14-15-11)9-5-3-4-6-9/h7-9H,3-6,12H2,1-2H3. The lowest BCUT2D eigenvalue weighted by Gasteiger charge is -2.09. The maximum Gasteiger partial charge on any atom is 0.231 e. The van der Waals surface area contributed by atoms with Crippen LogP contribution in [-0.4, -0.2) is 16.2 Å². The van der Waals surface area contributed by atoms with Gasteiger partial charge in [-0.15, -0.1) is 0 Å². The predicted molar refractivity (Wildman–Crippen MR) is 57.6 cm³/mol. The summed E-state index contributed by atoms with van der Waals surface area (Å²) >= 11 is 0.